The van der Waals surface area contributed by atoms with E-state index in [1.807, 2.05) is 47.4 Å². The van der Waals surface area contributed by atoms with Gasteiger partial charge >= 0.3 is 0 Å². The lowest BCUT2D eigenvalue weighted by Crippen LogP contribution is -2.40. The van der Waals surface area contributed by atoms with Crippen LogP contribution in [0.5, 0.6) is 5.75 Å². The van der Waals surface area contributed by atoms with E-state index in [-0.39, 0.29) is 11.7 Å². The van der Waals surface area contributed by atoms with Crippen LogP contribution in [-0.4, -0.2) is 26.6 Å². The molecule has 0 aliphatic carbocycles. The molecule has 1 amide bonds. The van der Waals surface area contributed by atoms with Gasteiger partial charge in [0.05, 0.1) is 7.11 Å². The van der Waals surface area contributed by atoms with Crippen LogP contribution in [0.4, 0.5) is 10.1 Å². The number of ether oxygens (including phenoxy) is 1. The molecule has 0 saturated carbocycles. The molecule has 3 aromatic rings. The maximum atomic E-state index is 13.5. The molecule has 0 bridgehead atoms. The minimum Gasteiger partial charge on any atom is -0.497 e. The molecule has 1 N–H and O–H groups in total. The fourth-order valence-electron chi connectivity index (χ4n) is 3.53. The van der Waals surface area contributed by atoms with Gasteiger partial charge in [0.25, 0.3) is 0 Å². The molecule has 0 aliphatic rings. The third-order valence-corrected chi connectivity index (χ3v) is 5.10. The summed E-state index contributed by atoms with van der Waals surface area (Å²) in [6.45, 7) is 0.643. The minimum absolute atomic E-state index is 0.102. The van der Waals surface area contributed by atoms with Crippen molar-refractivity contribution in [3.63, 3.8) is 0 Å². The largest absolute Gasteiger partial charge is 0.497 e. The summed E-state index contributed by atoms with van der Waals surface area (Å²) in [5, 5.41) is 2.78. The van der Waals surface area contributed by atoms with E-state index in [1.54, 1.807) is 26.3 Å². The lowest BCUT2D eigenvalue weighted by atomic mass is 10.0. The van der Waals surface area contributed by atoms with E-state index in [2.05, 4.69) is 17.4 Å². The number of carbonyl (C=O) groups excluding carboxylic acids is 1. The van der Waals surface area contributed by atoms with Crippen molar-refractivity contribution in [1.29, 1.82) is 0 Å². The number of nitrogens with one attached hydrogen (secondary N) is 1. The molecule has 1 atom stereocenters. The predicted octanol–water partition coefficient (Wildman–Crippen LogP) is 4.76. The number of hydrogen-bond acceptors (Lipinski definition) is 3. The average molecular weight is 407 g/mol. The number of carbonyl (C=O) groups is 1. The number of likely N-dealkylation sites (N-methyl/N-ethyl adjacent to an activating group) is 1. The van der Waals surface area contributed by atoms with Gasteiger partial charge in [-0.15, -0.1) is 0 Å². The fourth-order valence-corrected chi connectivity index (χ4v) is 3.53. The van der Waals surface area contributed by atoms with Crippen molar-refractivity contribution >= 4 is 11.6 Å². The molecule has 0 saturated heterocycles. The van der Waals surface area contributed by atoms with Crippen LogP contribution in [0.25, 0.3) is 0 Å². The number of nitrogens with zero attached hydrogens (tertiary/aromatic N) is 1. The molecule has 30 heavy (non-hydrogen) atoms. The van der Waals surface area contributed by atoms with Crippen molar-refractivity contribution in [1.82, 2.24) is 5.32 Å². The van der Waals surface area contributed by atoms with E-state index in [1.165, 1.54) is 17.7 Å². The minimum atomic E-state index is -0.502. The Morgan fingerprint density at radius 1 is 1.00 bits per heavy atom. The Bertz CT molecular complexity index is 928. The van der Waals surface area contributed by atoms with Gasteiger partial charge in [0, 0.05) is 19.3 Å². The van der Waals surface area contributed by atoms with Crippen molar-refractivity contribution in [2.75, 3.05) is 25.6 Å². The van der Waals surface area contributed by atoms with Crippen molar-refractivity contribution in [3.05, 3.63) is 95.8 Å². The van der Waals surface area contributed by atoms with Crippen LogP contribution >= 0.6 is 0 Å². The summed E-state index contributed by atoms with van der Waals surface area (Å²) < 4.78 is 18.7. The zero-order valence-corrected chi connectivity index (χ0v) is 17.3. The van der Waals surface area contributed by atoms with Crippen LogP contribution in [0.3, 0.4) is 0 Å². The van der Waals surface area contributed by atoms with E-state index in [4.69, 9.17) is 4.74 Å². The third-order valence-electron chi connectivity index (χ3n) is 5.10. The van der Waals surface area contributed by atoms with Crippen molar-refractivity contribution in [3.8, 4) is 5.75 Å². The number of methoxy groups -OCH3 is 1. The van der Waals surface area contributed by atoms with Gasteiger partial charge in [0.2, 0.25) is 5.91 Å². The lowest BCUT2D eigenvalue weighted by molar-refractivity contribution is -0.122. The molecule has 156 valence electrons. The van der Waals surface area contributed by atoms with Gasteiger partial charge in [-0.2, -0.15) is 0 Å². The first-order valence-corrected chi connectivity index (χ1v) is 10.0. The molecule has 4 nitrogen and oxygen atoms in total. The monoisotopic (exact) mass is 406 g/mol. The van der Waals surface area contributed by atoms with E-state index < -0.39 is 6.04 Å². The standard InChI is InChI=1S/C25H27FN2O2/c1-27-25(29)24(20-8-4-3-5-9-20)28(22-14-12-21(26)13-15-22)18-6-7-19-10-16-23(30-2)17-11-19/h3-5,8-17,24H,6-7,18H2,1-2H3,(H,27,29). The third kappa shape index (κ3) is 5.38. The Balaban J connectivity index is 1.84. The Labute approximate surface area is 177 Å². The average Bonchev–Trinajstić information content (AvgIpc) is 2.80. The molecule has 0 aliphatic heterocycles. The van der Waals surface area contributed by atoms with E-state index in [0.717, 1.165) is 29.8 Å². The second-order valence-corrected chi connectivity index (χ2v) is 7.05. The lowest BCUT2D eigenvalue weighted by Gasteiger charge is -2.33. The van der Waals surface area contributed by atoms with Crippen molar-refractivity contribution in [2.24, 2.45) is 0 Å². The van der Waals surface area contributed by atoms with Crippen molar-refractivity contribution < 1.29 is 13.9 Å². The van der Waals surface area contributed by atoms with Crippen LogP contribution in [0.1, 0.15) is 23.6 Å². The molecule has 5 heteroatoms. The van der Waals surface area contributed by atoms with Crippen LogP contribution in [0.15, 0.2) is 78.9 Å². The van der Waals surface area contributed by atoms with Gasteiger partial charge in [-0.1, -0.05) is 42.5 Å². The Morgan fingerprint density at radius 2 is 1.67 bits per heavy atom. The number of amides is 1. The first kappa shape index (κ1) is 21.4. The number of hydrogen-bond donors (Lipinski definition) is 1. The Kier molecular flexibility index (Phi) is 7.44. The maximum Gasteiger partial charge on any atom is 0.247 e. The summed E-state index contributed by atoms with van der Waals surface area (Å²) in [5.41, 5.74) is 2.90. The summed E-state index contributed by atoms with van der Waals surface area (Å²) in [7, 11) is 3.29. The van der Waals surface area contributed by atoms with Gasteiger partial charge in [-0.3, -0.25) is 4.79 Å². The van der Waals surface area contributed by atoms with Crippen LogP contribution in [0.2, 0.25) is 0 Å². The van der Waals surface area contributed by atoms with Gasteiger partial charge in [0.1, 0.15) is 17.6 Å². The molecular formula is C25H27FN2O2. The Morgan fingerprint density at radius 3 is 2.27 bits per heavy atom. The summed E-state index contributed by atoms with van der Waals surface area (Å²) in [6.07, 6.45) is 1.70. The second-order valence-electron chi connectivity index (χ2n) is 7.05. The zero-order chi connectivity index (χ0) is 21.3. The van der Waals surface area contributed by atoms with E-state index in [0.29, 0.717) is 6.54 Å². The maximum absolute atomic E-state index is 13.5. The van der Waals surface area contributed by atoms with Gasteiger partial charge in [-0.05, 0) is 60.4 Å². The molecule has 3 rings (SSSR count). The SMILES string of the molecule is CNC(=O)C(c1ccccc1)N(CCCc1ccc(OC)cc1)c1ccc(F)cc1. The normalized spacial score (nSPS) is 11.6. The van der Waals surface area contributed by atoms with Gasteiger partial charge < -0.3 is 15.0 Å². The highest BCUT2D eigenvalue weighted by molar-refractivity contribution is 5.86. The second kappa shape index (κ2) is 10.4. The molecule has 1 unspecified atom stereocenters. The fraction of sp³-hybridized carbons (Fsp3) is 0.240. The summed E-state index contributed by atoms with van der Waals surface area (Å²) in [5.74, 6) is 0.429. The summed E-state index contributed by atoms with van der Waals surface area (Å²) in [6, 6.07) is 23.5. The molecule has 0 fully saturated rings. The van der Waals surface area contributed by atoms with Gasteiger partial charge in [0.15, 0.2) is 0 Å². The smallest absolute Gasteiger partial charge is 0.247 e. The number of rotatable bonds is 9. The predicted molar refractivity (Wildman–Crippen MR) is 118 cm³/mol. The number of halogens is 1. The summed E-state index contributed by atoms with van der Waals surface area (Å²) in [4.78, 5) is 14.9. The number of anilines is 1. The molecule has 0 spiro atoms. The molecule has 3 aromatic carbocycles. The van der Waals surface area contributed by atoms with Crippen LogP contribution < -0.4 is 15.0 Å². The highest BCUT2D eigenvalue weighted by atomic mass is 19.1. The highest BCUT2D eigenvalue weighted by Gasteiger charge is 2.27. The quantitative estimate of drug-likeness (QED) is 0.557. The first-order chi connectivity index (χ1) is 14.6. The molecular weight excluding hydrogens is 379 g/mol. The van der Waals surface area contributed by atoms with Crippen LogP contribution in [-0.2, 0) is 11.2 Å². The van der Waals surface area contributed by atoms with E-state index in [9.17, 15) is 9.18 Å². The highest BCUT2D eigenvalue weighted by Crippen LogP contribution is 2.28. The molecule has 0 aromatic heterocycles. The molecule has 0 radical (unpaired) electrons. The zero-order valence-electron chi connectivity index (χ0n) is 17.3. The van der Waals surface area contributed by atoms with E-state index >= 15 is 0 Å². The van der Waals surface area contributed by atoms with Crippen molar-refractivity contribution in [2.45, 2.75) is 18.9 Å². The van der Waals surface area contributed by atoms with Gasteiger partial charge in [-0.25, -0.2) is 4.39 Å². The van der Waals surface area contributed by atoms with Crippen LogP contribution in [0, 0.1) is 5.82 Å². The Hall–Kier alpha value is -3.34. The molecule has 0 heterocycles. The number of aryl methyl sites for hydroxylation is 1. The first-order valence-electron chi connectivity index (χ1n) is 10.0. The summed E-state index contributed by atoms with van der Waals surface area (Å²) >= 11 is 0. The topological polar surface area (TPSA) is 41.6 Å². The number of benzene rings is 3.